The number of hydrogen-bond donors (Lipinski definition) is 1. The van der Waals surface area contributed by atoms with E-state index in [1.165, 1.54) is 28.5 Å². The fourth-order valence-corrected chi connectivity index (χ4v) is 4.33. The summed E-state index contributed by atoms with van der Waals surface area (Å²) in [5.74, 6) is -0.166. The van der Waals surface area contributed by atoms with Crippen LogP contribution in [0.3, 0.4) is 0 Å². The van der Waals surface area contributed by atoms with Crippen LogP contribution in [-0.2, 0) is 16.6 Å². The Morgan fingerprint density at radius 3 is 2.34 bits per heavy atom. The van der Waals surface area contributed by atoms with Crippen molar-refractivity contribution in [3.63, 3.8) is 0 Å². The first-order chi connectivity index (χ1) is 13.9. The van der Waals surface area contributed by atoms with Crippen molar-refractivity contribution in [2.45, 2.75) is 11.4 Å². The molecule has 29 heavy (non-hydrogen) atoms. The lowest BCUT2D eigenvalue weighted by molar-refractivity contribution is 0.0628. The summed E-state index contributed by atoms with van der Waals surface area (Å²) in [6.07, 6.45) is 0. The summed E-state index contributed by atoms with van der Waals surface area (Å²) in [7, 11) is -3.83. The van der Waals surface area contributed by atoms with Gasteiger partial charge in [0, 0.05) is 38.3 Å². The van der Waals surface area contributed by atoms with E-state index in [1.54, 1.807) is 17.0 Å². The number of hydrogen-bond acceptors (Lipinski definition) is 4. The van der Waals surface area contributed by atoms with Crippen molar-refractivity contribution < 1.29 is 13.2 Å². The van der Waals surface area contributed by atoms with Gasteiger partial charge in [-0.3, -0.25) is 9.69 Å². The number of nitrogens with two attached hydrogens (primary N) is 1. The van der Waals surface area contributed by atoms with Crippen molar-refractivity contribution >= 4 is 26.7 Å². The van der Waals surface area contributed by atoms with Crippen LogP contribution in [0.5, 0.6) is 0 Å². The molecule has 0 aromatic heterocycles. The summed E-state index contributed by atoms with van der Waals surface area (Å²) >= 11 is 0. The summed E-state index contributed by atoms with van der Waals surface area (Å²) in [5.41, 5.74) is 1.63. The van der Waals surface area contributed by atoms with Gasteiger partial charge in [-0.05, 0) is 34.5 Å². The number of primary sulfonamides is 1. The normalized spacial score (nSPS) is 15.6. The standard InChI is InChI=1S/C22H23N3O3S/c23-29(27,28)20-9-4-7-18(15-20)22(26)25-13-11-24(12-14-25)16-19-8-3-6-17-5-1-2-10-21(17)19/h1-10,15H,11-14,16H2,(H2,23,27,28). The number of sulfonamides is 1. The molecule has 0 atom stereocenters. The van der Waals surface area contributed by atoms with E-state index in [9.17, 15) is 13.2 Å². The molecular weight excluding hydrogens is 386 g/mol. The van der Waals surface area contributed by atoms with Crippen molar-refractivity contribution in [2.24, 2.45) is 5.14 Å². The monoisotopic (exact) mass is 409 g/mol. The zero-order valence-electron chi connectivity index (χ0n) is 16.0. The molecule has 1 aliphatic heterocycles. The molecule has 1 fully saturated rings. The molecule has 3 aromatic carbocycles. The first-order valence-electron chi connectivity index (χ1n) is 9.53. The predicted octanol–water partition coefficient (Wildman–Crippen LogP) is 2.45. The van der Waals surface area contributed by atoms with Crippen LogP contribution in [0, 0.1) is 0 Å². The summed E-state index contributed by atoms with van der Waals surface area (Å²) in [6.45, 7) is 3.57. The Hall–Kier alpha value is -2.74. The van der Waals surface area contributed by atoms with Gasteiger partial charge in [0.25, 0.3) is 5.91 Å². The Balaban J connectivity index is 1.42. The van der Waals surface area contributed by atoms with E-state index in [2.05, 4.69) is 41.3 Å². The number of carbonyl (C=O) groups is 1. The maximum absolute atomic E-state index is 12.8. The highest BCUT2D eigenvalue weighted by Gasteiger charge is 2.23. The molecule has 1 amide bonds. The van der Waals surface area contributed by atoms with Gasteiger partial charge in [0.1, 0.15) is 0 Å². The van der Waals surface area contributed by atoms with E-state index in [1.807, 2.05) is 6.07 Å². The number of amides is 1. The first-order valence-corrected chi connectivity index (χ1v) is 11.1. The number of carbonyl (C=O) groups excluding carboxylic acids is 1. The molecule has 0 radical (unpaired) electrons. The van der Waals surface area contributed by atoms with Gasteiger partial charge in [0.15, 0.2) is 0 Å². The van der Waals surface area contributed by atoms with Gasteiger partial charge in [-0.1, -0.05) is 48.5 Å². The molecule has 0 bridgehead atoms. The molecule has 2 N–H and O–H groups in total. The fraction of sp³-hybridized carbons (Fsp3) is 0.227. The summed E-state index contributed by atoms with van der Waals surface area (Å²) in [4.78, 5) is 16.9. The molecule has 150 valence electrons. The van der Waals surface area contributed by atoms with Crippen LogP contribution in [0.25, 0.3) is 10.8 Å². The molecular formula is C22H23N3O3S. The van der Waals surface area contributed by atoms with Gasteiger partial charge in [-0.2, -0.15) is 0 Å². The van der Waals surface area contributed by atoms with Crippen molar-refractivity contribution in [3.05, 3.63) is 77.9 Å². The van der Waals surface area contributed by atoms with Crippen molar-refractivity contribution in [1.29, 1.82) is 0 Å². The van der Waals surface area contributed by atoms with Crippen molar-refractivity contribution in [3.8, 4) is 0 Å². The van der Waals surface area contributed by atoms with Gasteiger partial charge in [-0.25, -0.2) is 13.6 Å². The van der Waals surface area contributed by atoms with Crippen molar-refractivity contribution in [1.82, 2.24) is 9.80 Å². The number of nitrogens with zero attached hydrogens (tertiary/aromatic N) is 2. The minimum atomic E-state index is -3.83. The van der Waals surface area contributed by atoms with Crippen LogP contribution >= 0.6 is 0 Å². The molecule has 0 spiro atoms. The Morgan fingerprint density at radius 1 is 0.897 bits per heavy atom. The lowest BCUT2D eigenvalue weighted by atomic mass is 10.0. The van der Waals surface area contributed by atoms with Crippen LogP contribution in [-0.4, -0.2) is 50.3 Å². The van der Waals surface area contributed by atoms with Gasteiger partial charge in [0.05, 0.1) is 4.90 Å². The number of benzene rings is 3. The molecule has 1 saturated heterocycles. The molecule has 3 aromatic rings. The molecule has 1 aliphatic rings. The number of rotatable bonds is 4. The zero-order chi connectivity index (χ0) is 20.4. The molecule has 0 unspecified atom stereocenters. The highest BCUT2D eigenvalue weighted by atomic mass is 32.2. The Labute approximate surface area is 170 Å². The van der Waals surface area contributed by atoms with E-state index in [4.69, 9.17) is 5.14 Å². The Kier molecular flexibility index (Phi) is 5.36. The molecule has 0 saturated carbocycles. The molecule has 1 heterocycles. The van der Waals surface area contributed by atoms with Gasteiger partial charge in [-0.15, -0.1) is 0 Å². The average molecular weight is 410 g/mol. The predicted molar refractivity (Wildman–Crippen MR) is 113 cm³/mol. The second-order valence-corrected chi connectivity index (χ2v) is 8.84. The van der Waals surface area contributed by atoms with E-state index in [0.29, 0.717) is 18.7 Å². The quantitative estimate of drug-likeness (QED) is 0.717. The minimum Gasteiger partial charge on any atom is -0.336 e. The summed E-state index contributed by atoms with van der Waals surface area (Å²) in [5, 5.41) is 7.66. The van der Waals surface area contributed by atoms with Crippen LogP contribution in [0.2, 0.25) is 0 Å². The second-order valence-electron chi connectivity index (χ2n) is 7.28. The third-order valence-electron chi connectivity index (χ3n) is 5.34. The van der Waals surface area contributed by atoms with Gasteiger partial charge < -0.3 is 4.90 Å². The van der Waals surface area contributed by atoms with Gasteiger partial charge in [0.2, 0.25) is 10.0 Å². The highest BCUT2D eigenvalue weighted by molar-refractivity contribution is 7.89. The smallest absolute Gasteiger partial charge is 0.253 e. The van der Waals surface area contributed by atoms with Crippen molar-refractivity contribution in [2.75, 3.05) is 26.2 Å². The van der Waals surface area contributed by atoms with Crippen LogP contribution < -0.4 is 5.14 Å². The minimum absolute atomic E-state index is 0.0436. The number of piperazine rings is 1. The van der Waals surface area contributed by atoms with Crippen LogP contribution in [0.15, 0.2) is 71.6 Å². The van der Waals surface area contributed by atoms with Crippen LogP contribution in [0.4, 0.5) is 0 Å². The van der Waals surface area contributed by atoms with Gasteiger partial charge >= 0.3 is 0 Å². The van der Waals surface area contributed by atoms with E-state index >= 15 is 0 Å². The molecule has 6 nitrogen and oxygen atoms in total. The fourth-order valence-electron chi connectivity index (χ4n) is 3.77. The maximum atomic E-state index is 12.8. The lowest BCUT2D eigenvalue weighted by Gasteiger charge is -2.35. The van der Waals surface area contributed by atoms with E-state index in [-0.39, 0.29) is 10.8 Å². The topological polar surface area (TPSA) is 83.7 Å². The molecule has 0 aliphatic carbocycles. The summed E-state index contributed by atoms with van der Waals surface area (Å²) in [6, 6.07) is 20.6. The Bertz CT molecular complexity index is 1150. The highest BCUT2D eigenvalue weighted by Crippen LogP contribution is 2.21. The van der Waals surface area contributed by atoms with E-state index in [0.717, 1.165) is 19.6 Å². The van der Waals surface area contributed by atoms with E-state index < -0.39 is 10.0 Å². The maximum Gasteiger partial charge on any atom is 0.253 e. The van der Waals surface area contributed by atoms with Crippen LogP contribution in [0.1, 0.15) is 15.9 Å². The molecule has 4 rings (SSSR count). The third-order valence-corrected chi connectivity index (χ3v) is 6.25. The SMILES string of the molecule is NS(=O)(=O)c1cccc(C(=O)N2CCN(Cc3cccc4ccccc34)CC2)c1. The molecule has 7 heteroatoms. The summed E-state index contributed by atoms with van der Waals surface area (Å²) < 4.78 is 23.1. The third kappa shape index (κ3) is 4.32. The number of fused-ring (bicyclic) bond motifs is 1. The second kappa shape index (κ2) is 7.94. The first kappa shape index (κ1) is 19.6. The Morgan fingerprint density at radius 2 is 1.59 bits per heavy atom. The zero-order valence-corrected chi connectivity index (χ0v) is 16.8. The average Bonchev–Trinajstić information content (AvgIpc) is 2.73. The largest absolute Gasteiger partial charge is 0.336 e. The lowest BCUT2D eigenvalue weighted by Crippen LogP contribution is -2.48.